The molecule has 0 aliphatic heterocycles. The molecular formula is C20H21NO2. The molecule has 1 rings (SSSR count). The highest BCUT2D eigenvalue weighted by molar-refractivity contribution is 5.86. The van der Waals surface area contributed by atoms with Crippen molar-refractivity contribution in [3.63, 3.8) is 0 Å². The molecule has 3 heteroatoms. The first-order chi connectivity index (χ1) is 11.0. The largest absolute Gasteiger partial charge is 0.466 e. The third kappa shape index (κ3) is 10.3. The smallest absolute Gasteiger partial charge is 0.332 e. The van der Waals surface area contributed by atoms with Gasteiger partial charge in [-0.3, -0.25) is 0 Å². The lowest BCUT2D eigenvalue weighted by atomic mass is 10.1. The van der Waals surface area contributed by atoms with Crippen LogP contribution in [-0.2, 0) is 9.53 Å². The van der Waals surface area contributed by atoms with E-state index in [1.807, 2.05) is 54.6 Å². The van der Waals surface area contributed by atoms with Crippen molar-refractivity contribution in [3.8, 4) is 6.07 Å². The van der Waals surface area contributed by atoms with Crippen molar-refractivity contribution in [1.29, 1.82) is 5.26 Å². The van der Waals surface area contributed by atoms with E-state index >= 15 is 0 Å². The second-order valence-electron chi connectivity index (χ2n) is 4.38. The van der Waals surface area contributed by atoms with Crippen LogP contribution in [0.5, 0.6) is 0 Å². The monoisotopic (exact) mass is 307 g/mol. The lowest BCUT2D eigenvalue weighted by Crippen LogP contribution is -1.98. The number of ether oxygens (including phenoxy) is 1. The SMILES string of the molecule is C=C(C)C(=O)OC.C=CC=C(C=CC#N)C=Cc1ccccc1. The predicted molar refractivity (Wildman–Crippen MR) is 95.3 cm³/mol. The van der Waals surface area contributed by atoms with Crippen LogP contribution in [0.1, 0.15) is 12.5 Å². The van der Waals surface area contributed by atoms with Gasteiger partial charge < -0.3 is 4.74 Å². The number of hydrogen-bond acceptors (Lipinski definition) is 3. The van der Waals surface area contributed by atoms with Crippen LogP contribution in [0.2, 0.25) is 0 Å². The van der Waals surface area contributed by atoms with Crippen molar-refractivity contribution in [2.45, 2.75) is 6.92 Å². The lowest BCUT2D eigenvalue weighted by Gasteiger charge is -1.93. The van der Waals surface area contributed by atoms with Gasteiger partial charge >= 0.3 is 5.97 Å². The van der Waals surface area contributed by atoms with E-state index in [1.54, 1.807) is 19.1 Å². The van der Waals surface area contributed by atoms with Gasteiger partial charge in [-0.1, -0.05) is 67.8 Å². The molecule has 0 atom stereocenters. The van der Waals surface area contributed by atoms with Crippen LogP contribution in [-0.4, -0.2) is 13.1 Å². The second-order valence-corrected chi connectivity index (χ2v) is 4.38. The highest BCUT2D eigenvalue weighted by Gasteiger charge is 1.95. The maximum absolute atomic E-state index is 10.2. The zero-order valence-electron chi connectivity index (χ0n) is 13.5. The number of carbonyl (C=O) groups excluding carboxylic acids is 1. The molecule has 118 valence electrons. The molecule has 0 saturated heterocycles. The molecule has 0 amide bonds. The molecule has 0 unspecified atom stereocenters. The van der Waals surface area contributed by atoms with Gasteiger partial charge in [-0.15, -0.1) is 0 Å². The van der Waals surface area contributed by atoms with Crippen molar-refractivity contribution in [2.24, 2.45) is 0 Å². The molecule has 0 heterocycles. The fourth-order valence-corrected chi connectivity index (χ4v) is 1.37. The van der Waals surface area contributed by atoms with E-state index in [2.05, 4.69) is 17.9 Å². The number of nitriles is 1. The summed E-state index contributed by atoms with van der Waals surface area (Å²) in [7, 11) is 1.33. The number of rotatable bonds is 5. The number of carbonyl (C=O) groups is 1. The molecule has 1 aromatic carbocycles. The highest BCUT2D eigenvalue weighted by atomic mass is 16.5. The summed E-state index contributed by atoms with van der Waals surface area (Å²) in [5.41, 5.74) is 2.51. The van der Waals surface area contributed by atoms with Gasteiger partial charge in [0.15, 0.2) is 0 Å². The van der Waals surface area contributed by atoms with Gasteiger partial charge in [0.2, 0.25) is 0 Å². The fourth-order valence-electron chi connectivity index (χ4n) is 1.37. The number of esters is 1. The van der Waals surface area contributed by atoms with Crippen molar-refractivity contribution in [1.82, 2.24) is 0 Å². The van der Waals surface area contributed by atoms with Crippen molar-refractivity contribution < 1.29 is 9.53 Å². The van der Waals surface area contributed by atoms with Crippen LogP contribution < -0.4 is 0 Å². The molecule has 0 N–H and O–H groups in total. The predicted octanol–water partition coefficient (Wildman–Crippen LogP) is 4.63. The first-order valence-electron chi connectivity index (χ1n) is 6.91. The van der Waals surface area contributed by atoms with Gasteiger partial charge in [0, 0.05) is 11.6 Å². The Hall–Kier alpha value is -3.12. The Labute approximate surface area is 138 Å². The number of hydrogen-bond donors (Lipinski definition) is 0. The van der Waals surface area contributed by atoms with Gasteiger partial charge in [0.05, 0.1) is 13.2 Å². The third-order valence-electron chi connectivity index (χ3n) is 2.46. The van der Waals surface area contributed by atoms with Crippen LogP contribution in [0.4, 0.5) is 0 Å². The van der Waals surface area contributed by atoms with Crippen LogP contribution in [0, 0.1) is 11.3 Å². The summed E-state index contributed by atoms with van der Waals surface area (Å²) >= 11 is 0. The van der Waals surface area contributed by atoms with E-state index in [4.69, 9.17) is 5.26 Å². The van der Waals surface area contributed by atoms with E-state index in [0.29, 0.717) is 5.57 Å². The minimum Gasteiger partial charge on any atom is -0.466 e. The average Bonchev–Trinajstić information content (AvgIpc) is 2.58. The van der Waals surface area contributed by atoms with Gasteiger partial charge in [0.1, 0.15) is 0 Å². The number of methoxy groups -OCH3 is 1. The summed E-state index contributed by atoms with van der Waals surface area (Å²) in [6.45, 7) is 8.59. The van der Waals surface area contributed by atoms with Gasteiger partial charge in [-0.25, -0.2) is 4.79 Å². The molecule has 0 bridgehead atoms. The zero-order valence-corrected chi connectivity index (χ0v) is 13.5. The maximum Gasteiger partial charge on any atom is 0.332 e. The molecule has 0 fully saturated rings. The third-order valence-corrected chi connectivity index (χ3v) is 2.46. The molecule has 0 aliphatic rings. The topological polar surface area (TPSA) is 50.1 Å². The first-order valence-corrected chi connectivity index (χ1v) is 6.91. The quantitative estimate of drug-likeness (QED) is 0.345. The minimum absolute atomic E-state index is 0.347. The molecule has 0 aromatic heterocycles. The summed E-state index contributed by atoms with van der Waals surface area (Å²) < 4.78 is 4.27. The minimum atomic E-state index is -0.347. The Morgan fingerprint density at radius 2 is 1.91 bits per heavy atom. The van der Waals surface area contributed by atoms with E-state index in [1.165, 1.54) is 13.2 Å². The summed E-state index contributed by atoms with van der Waals surface area (Å²) in [5.74, 6) is -0.347. The maximum atomic E-state index is 10.2. The Morgan fingerprint density at radius 3 is 2.35 bits per heavy atom. The van der Waals surface area contributed by atoms with Gasteiger partial charge in [-0.05, 0) is 24.1 Å². The van der Waals surface area contributed by atoms with Crippen molar-refractivity contribution >= 4 is 12.0 Å². The van der Waals surface area contributed by atoms with Crippen LogP contribution in [0.3, 0.4) is 0 Å². The molecule has 0 aliphatic carbocycles. The van der Waals surface area contributed by atoms with Crippen molar-refractivity contribution in [2.75, 3.05) is 7.11 Å². The van der Waals surface area contributed by atoms with E-state index in [-0.39, 0.29) is 5.97 Å². The van der Waals surface area contributed by atoms with Crippen molar-refractivity contribution in [3.05, 3.63) is 90.6 Å². The summed E-state index contributed by atoms with van der Waals surface area (Å²) in [4.78, 5) is 10.2. The second kappa shape index (κ2) is 12.6. The van der Waals surface area contributed by atoms with Crippen LogP contribution >= 0.6 is 0 Å². The van der Waals surface area contributed by atoms with Gasteiger partial charge in [0.25, 0.3) is 0 Å². The molecule has 0 spiro atoms. The van der Waals surface area contributed by atoms with Gasteiger partial charge in [-0.2, -0.15) is 5.26 Å². The number of nitrogens with zero attached hydrogens (tertiary/aromatic N) is 1. The summed E-state index contributed by atoms with van der Waals surface area (Å²) in [6.07, 6.45) is 10.7. The normalized spacial score (nSPS) is 10.6. The Bertz CT molecular complexity index is 644. The van der Waals surface area contributed by atoms with Crippen LogP contribution in [0.15, 0.2) is 85.0 Å². The zero-order chi connectivity index (χ0) is 17.5. The summed E-state index contributed by atoms with van der Waals surface area (Å²) in [5, 5.41) is 8.45. The Morgan fingerprint density at radius 1 is 1.26 bits per heavy atom. The molecule has 1 aromatic rings. The molecule has 0 radical (unpaired) electrons. The van der Waals surface area contributed by atoms with E-state index < -0.39 is 0 Å². The standard InChI is InChI=1S/C15H13N.C5H8O2/c1-2-7-14(10-6-13-16)11-12-15-8-4-3-5-9-15;1-4(2)5(6)7-3/h2-12H,1H2;1H2,2-3H3. The number of benzene rings is 1. The highest BCUT2D eigenvalue weighted by Crippen LogP contribution is 2.06. The molecule has 0 saturated carbocycles. The average molecular weight is 307 g/mol. The van der Waals surface area contributed by atoms with E-state index in [0.717, 1.165) is 11.1 Å². The number of allylic oxidation sites excluding steroid dienone is 6. The van der Waals surface area contributed by atoms with Crippen LogP contribution in [0.25, 0.3) is 6.08 Å². The lowest BCUT2D eigenvalue weighted by molar-refractivity contribution is -0.136. The first kappa shape index (κ1) is 19.9. The summed E-state index contributed by atoms with van der Waals surface area (Å²) in [6, 6.07) is 12.0. The Kier molecular flexibility index (Phi) is 10.9. The molecule has 23 heavy (non-hydrogen) atoms. The Balaban J connectivity index is 0.000000585. The fraction of sp³-hybridized carbons (Fsp3) is 0.100. The molecule has 3 nitrogen and oxygen atoms in total. The molecular weight excluding hydrogens is 286 g/mol. The van der Waals surface area contributed by atoms with E-state index in [9.17, 15) is 4.79 Å².